The minimum atomic E-state index is 0.222. The minimum absolute atomic E-state index is 0.222. The predicted octanol–water partition coefficient (Wildman–Crippen LogP) is 7.36. The van der Waals surface area contributed by atoms with Gasteiger partial charge in [-0.1, -0.05) is 75.4 Å². The summed E-state index contributed by atoms with van der Waals surface area (Å²) in [4.78, 5) is 9.57. The van der Waals surface area contributed by atoms with E-state index in [9.17, 15) is 0 Å². The summed E-state index contributed by atoms with van der Waals surface area (Å²) in [6.07, 6.45) is 2.02. The van der Waals surface area contributed by atoms with E-state index in [4.69, 9.17) is 4.99 Å². The van der Waals surface area contributed by atoms with E-state index in [0.29, 0.717) is 0 Å². The molecule has 0 radical (unpaired) electrons. The molecule has 3 aromatic carbocycles. The summed E-state index contributed by atoms with van der Waals surface area (Å²) in [5.74, 6) is 1.07. The van der Waals surface area contributed by atoms with E-state index in [2.05, 4.69) is 98.3 Å². The summed E-state index contributed by atoms with van der Waals surface area (Å²) in [5, 5.41) is 8.93. The van der Waals surface area contributed by atoms with E-state index in [1.165, 1.54) is 15.8 Å². The number of rotatable bonds is 6. The van der Waals surface area contributed by atoms with E-state index in [1.807, 2.05) is 6.07 Å². The number of nitrogens with one attached hydrogen (secondary N) is 2. The molecule has 0 spiro atoms. The largest absolute Gasteiger partial charge is 0.361 e. The van der Waals surface area contributed by atoms with Gasteiger partial charge in [0, 0.05) is 22.5 Å². The summed E-state index contributed by atoms with van der Waals surface area (Å²) in [7, 11) is 0. The number of hydrogen-bond acceptors (Lipinski definition) is 6. The lowest BCUT2D eigenvalue weighted by molar-refractivity contribution is 0.704. The second-order valence-electron chi connectivity index (χ2n) is 7.62. The first-order valence-corrected chi connectivity index (χ1v) is 13.2. The molecule has 0 fully saturated rings. The third kappa shape index (κ3) is 5.34. The van der Waals surface area contributed by atoms with Crippen molar-refractivity contribution in [2.75, 3.05) is 22.9 Å². The lowest BCUT2D eigenvalue weighted by Gasteiger charge is -2.21. The molecule has 0 bridgehead atoms. The van der Waals surface area contributed by atoms with Gasteiger partial charge in [-0.2, -0.15) is 0 Å². The highest BCUT2D eigenvalue weighted by atomic mass is 79.9. The van der Waals surface area contributed by atoms with Crippen LogP contribution in [0.4, 0.5) is 10.8 Å². The van der Waals surface area contributed by atoms with Crippen molar-refractivity contribution in [3.8, 4) is 0 Å². The molecular formula is C25H23BrN4S2. The van der Waals surface area contributed by atoms with Gasteiger partial charge in [0.1, 0.15) is 0 Å². The number of thioether (sulfide) groups is 1. The molecule has 32 heavy (non-hydrogen) atoms. The van der Waals surface area contributed by atoms with E-state index >= 15 is 0 Å². The Kier molecular flexibility index (Phi) is 6.76. The molecule has 7 heteroatoms. The number of fused-ring (bicyclic) bond motifs is 1. The van der Waals surface area contributed by atoms with Crippen LogP contribution >= 0.6 is 39.0 Å². The number of halogens is 1. The van der Waals surface area contributed by atoms with Crippen molar-refractivity contribution in [3.05, 3.63) is 88.4 Å². The maximum atomic E-state index is 4.94. The Morgan fingerprint density at radius 2 is 1.78 bits per heavy atom. The Balaban J connectivity index is 1.16. The van der Waals surface area contributed by atoms with Crippen LogP contribution in [-0.2, 0) is 6.42 Å². The summed E-state index contributed by atoms with van der Waals surface area (Å²) in [6, 6.07) is 25.6. The number of thiazole rings is 1. The lowest BCUT2D eigenvalue weighted by Crippen LogP contribution is -2.16. The smallest absolute Gasteiger partial charge is 0.183 e. The van der Waals surface area contributed by atoms with Gasteiger partial charge < -0.3 is 10.6 Å². The average molecular weight is 524 g/mol. The van der Waals surface area contributed by atoms with Gasteiger partial charge in [-0.3, -0.25) is 4.99 Å². The molecule has 0 amide bonds. The van der Waals surface area contributed by atoms with Crippen LogP contribution in [0.3, 0.4) is 0 Å². The molecule has 162 valence electrons. The zero-order valence-corrected chi connectivity index (χ0v) is 20.6. The Hall–Kier alpha value is -2.35. The van der Waals surface area contributed by atoms with Crippen LogP contribution in [0.2, 0.25) is 0 Å². The molecule has 1 aliphatic rings. The van der Waals surface area contributed by atoms with E-state index < -0.39 is 0 Å². The van der Waals surface area contributed by atoms with Gasteiger partial charge >= 0.3 is 0 Å². The molecule has 2 heterocycles. The fourth-order valence-corrected chi connectivity index (χ4v) is 5.73. The topological polar surface area (TPSA) is 49.3 Å². The highest BCUT2D eigenvalue weighted by Gasteiger charge is 2.17. The van der Waals surface area contributed by atoms with Crippen molar-refractivity contribution >= 4 is 65.2 Å². The van der Waals surface area contributed by atoms with Crippen LogP contribution in [0.5, 0.6) is 0 Å². The number of anilines is 2. The van der Waals surface area contributed by atoms with Crippen molar-refractivity contribution < 1.29 is 0 Å². The minimum Gasteiger partial charge on any atom is -0.361 e. The third-order valence-electron chi connectivity index (χ3n) is 5.35. The van der Waals surface area contributed by atoms with Gasteiger partial charge in [-0.05, 0) is 60.4 Å². The Bertz CT molecular complexity index is 1190. The van der Waals surface area contributed by atoms with Crippen LogP contribution in [-0.4, -0.2) is 22.4 Å². The predicted molar refractivity (Wildman–Crippen MR) is 143 cm³/mol. The molecule has 4 aromatic rings. The number of aromatic nitrogens is 1. The molecule has 1 aromatic heterocycles. The SMILES string of the molecule is Brc1ccc(C2CCSC(Nc3ccc(CCNc4nc5ccccc5s4)cc3)=N2)cc1. The number of benzene rings is 3. The summed E-state index contributed by atoms with van der Waals surface area (Å²) in [5.41, 5.74) is 4.70. The van der Waals surface area contributed by atoms with Crippen LogP contribution < -0.4 is 10.6 Å². The van der Waals surface area contributed by atoms with Crippen LogP contribution in [0.1, 0.15) is 23.6 Å². The fourth-order valence-electron chi connectivity index (χ4n) is 3.64. The third-order valence-corrected chi connectivity index (χ3v) is 7.79. The van der Waals surface area contributed by atoms with Crippen LogP contribution in [0.25, 0.3) is 10.2 Å². The van der Waals surface area contributed by atoms with Gasteiger partial charge in [0.2, 0.25) is 0 Å². The normalized spacial score (nSPS) is 16.0. The quantitative estimate of drug-likeness (QED) is 0.277. The van der Waals surface area contributed by atoms with Gasteiger partial charge in [-0.25, -0.2) is 4.98 Å². The van der Waals surface area contributed by atoms with Crippen molar-refractivity contribution in [1.29, 1.82) is 0 Å². The molecule has 5 rings (SSSR count). The number of amidine groups is 1. The average Bonchev–Trinajstić information content (AvgIpc) is 3.24. The second kappa shape index (κ2) is 10.1. The monoisotopic (exact) mass is 522 g/mol. The molecule has 2 N–H and O–H groups in total. The molecule has 0 aliphatic carbocycles. The zero-order valence-electron chi connectivity index (χ0n) is 17.4. The van der Waals surface area contributed by atoms with Gasteiger partial charge in [0.05, 0.1) is 16.3 Å². The molecule has 0 saturated carbocycles. The fraction of sp³-hybridized carbons (Fsp3) is 0.200. The highest BCUT2D eigenvalue weighted by Crippen LogP contribution is 2.31. The number of aliphatic imine (C=N–C) groups is 1. The Morgan fingerprint density at radius 3 is 2.59 bits per heavy atom. The molecule has 1 atom stereocenters. The van der Waals surface area contributed by atoms with Gasteiger partial charge in [0.25, 0.3) is 0 Å². The standard InChI is InChI=1S/C25H23BrN4S2/c26-19-9-7-18(8-10-19)21-14-16-31-25(29-21)28-20-11-5-17(6-12-20)13-15-27-24-30-22-3-1-2-4-23(22)32-24/h1-12,21H,13-16H2,(H,27,30)(H,28,29). The van der Waals surface area contributed by atoms with Crippen molar-refractivity contribution in [1.82, 2.24) is 4.98 Å². The first-order valence-electron chi connectivity index (χ1n) is 10.6. The Morgan fingerprint density at radius 1 is 0.969 bits per heavy atom. The number of hydrogen-bond donors (Lipinski definition) is 2. The molecule has 1 aliphatic heterocycles. The van der Waals surface area contributed by atoms with Gasteiger partial charge in [0.15, 0.2) is 10.3 Å². The summed E-state index contributed by atoms with van der Waals surface area (Å²) < 4.78 is 2.32. The molecule has 1 unspecified atom stereocenters. The maximum absolute atomic E-state index is 4.94. The van der Waals surface area contributed by atoms with E-state index in [0.717, 1.165) is 51.1 Å². The van der Waals surface area contributed by atoms with Crippen molar-refractivity contribution in [3.63, 3.8) is 0 Å². The van der Waals surface area contributed by atoms with Crippen molar-refractivity contribution in [2.24, 2.45) is 4.99 Å². The van der Waals surface area contributed by atoms with Crippen LogP contribution in [0.15, 0.2) is 82.3 Å². The lowest BCUT2D eigenvalue weighted by atomic mass is 10.1. The maximum Gasteiger partial charge on any atom is 0.183 e. The van der Waals surface area contributed by atoms with E-state index in [1.54, 1.807) is 23.1 Å². The van der Waals surface area contributed by atoms with E-state index in [-0.39, 0.29) is 6.04 Å². The number of nitrogens with zero attached hydrogens (tertiary/aromatic N) is 2. The molecule has 0 saturated heterocycles. The summed E-state index contributed by atoms with van der Waals surface area (Å²) >= 11 is 7.00. The zero-order chi connectivity index (χ0) is 21.8. The first-order chi connectivity index (χ1) is 15.7. The number of para-hydroxylation sites is 1. The van der Waals surface area contributed by atoms with Crippen molar-refractivity contribution in [2.45, 2.75) is 18.9 Å². The summed E-state index contributed by atoms with van der Waals surface area (Å²) in [6.45, 7) is 0.865. The molecular weight excluding hydrogens is 500 g/mol. The second-order valence-corrected chi connectivity index (χ2v) is 10.7. The molecule has 4 nitrogen and oxygen atoms in total. The Labute approximate surface area is 204 Å². The van der Waals surface area contributed by atoms with Gasteiger partial charge in [-0.15, -0.1) is 0 Å². The van der Waals surface area contributed by atoms with Crippen LogP contribution in [0, 0.1) is 0 Å². The first kappa shape index (κ1) is 21.5. The highest BCUT2D eigenvalue weighted by molar-refractivity contribution is 9.10.